The minimum Gasteiger partial charge on any atom is -0.426 e. The Bertz CT molecular complexity index is 495. The van der Waals surface area contributed by atoms with Gasteiger partial charge in [0.15, 0.2) is 0 Å². The molecule has 1 rings (SSSR count). The van der Waals surface area contributed by atoms with Crippen molar-refractivity contribution in [2.75, 3.05) is 0 Å². The van der Waals surface area contributed by atoms with E-state index >= 15 is 0 Å². The van der Waals surface area contributed by atoms with E-state index in [0.717, 1.165) is 0 Å². The number of benzene rings is 1. The smallest absolute Gasteiger partial charge is 0.369 e. The van der Waals surface area contributed by atoms with Crippen molar-refractivity contribution in [1.82, 2.24) is 0 Å². The molecule has 4 nitrogen and oxygen atoms in total. The monoisotopic (exact) mass is 283 g/mol. The van der Waals surface area contributed by atoms with E-state index < -0.39 is 24.1 Å². The second-order valence-corrected chi connectivity index (χ2v) is 4.80. The lowest BCUT2D eigenvalue weighted by Crippen LogP contribution is -2.37. The lowest BCUT2D eigenvalue weighted by Gasteiger charge is -2.28. The molecule has 20 heavy (non-hydrogen) atoms. The number of hydrogen-bond acceptors (Lipinski definition) is 4. The number of halogens is 2. The van der Waals surface area contributed by atoms with E-state index in [9.17, 15) is 13.6 Å². The van der Waals surface area contributed by atoms with Crippen molar-refractivity contribution in [1.29, 1.82) is 5.26 Å². The molecule has 0 saturated heterocycles. The van der Waals surface area contributed by atoms with Crippen LogP contribution in [0.5, 0.6) is 5.75 Å². The highest BCUT2D eigenvalue weighted by molar-refractivity contribution is 5.73. The van der Waals surface area contributed by atoms with Crippen LogP contribution in [0.25, 0.3) is 0 Å². The van der Waals surface area contributed by atoms with Gasteiger partial charge in [-0.15, -0.1) is 0 Å². The lowest BCUT2D eigenvalue weighted by atomic mass is 10.1. The molecule has 0 bridgehead atoms. The average molecular weight is 283 g/mol. The van der Waals surface area contributed by atoms with Gasteiger partial charge in [0, 0.05) is 0 Å². The summed E-state index contributed by atoms with van der Waals surface area (Å²) in [6, 6.07) is 9.62. The summed E-state index contributed by atoms with van der Waals surface area (Å²) in [4.78, 5) is 11.7. The van der Waals surface area contributed by atoms with Crippen LogP contribution in [0, 0.1) is 11.3 Å². The molecule has 1 aromatic carbocycles. The van der Waals surface area contributed by atoms with Crippen molar-refractivity contribution in [3.05, 3.63) is 30.3 Å². The molecule has 0 N–H and O–H groups in total. The van der Waals surface area contributed by atoms with Gasteiger partial charge in [-0.2, -0.15) is 14.0 Å². The van der Waals surface area contributed by atoms with Crippen LogP contribution in [0.15, 0.2) is 30.3 Å². The molecule has 0 unspecified atom stereocenters. The highest BCUT2D eigenvalue weighted by Crippen LogP contribution is 2.29. The maximum absolute atomic E-state index is 13.2. The molecule has 0 fully saturated rings. The zero-order valence-corrected chi connectivity index (χ0v) is 11.2. The Morgan fingerprint density at radius 3 is 2.45 bits per heavy atom. The van der Waals surface area contributed by atoms with Crippen molar-refractivity contribution >= 4 is 5.97 Å². The molecule has 0 heterocycles. The van der Waals surface area contributed by atoms with E-state index in [-0.39, 0.29) is 6.42 Å². The Hall–Kier alpha value is -2.00. The predicted molar refractivity (Wildman–Crippen MR) is 67.0 cm³/mol. The molecule has 0 spiro atoms. The van der Waals surface area contributed by atoms with Crippen molar-refractivity contribution in [2.24, 2.45) is 0 Å². The highest BCUT2D eigenvalue weighted by atomic mass is 19.3. The maximum Gasteiger partial charge on any atom is 0.369 e. The van der Waals surface area contributed by atoms with Crippen LogP contribution in [-0.4, -0.2) is 17.7 Å². The molecule has 0 aromatic heterocycles. The number of esters is 1. The first kappa shape index (κ1) is 16.1. The van der Waals surface area contributed by atoms with Crippen LogP contribution in [0.3, 0.4) is 0 Å². The summed E-state index contributed by atoms with van der Waals surface area (Å²) in [5, 5.41) is 8.27. The number of para-hydroxylation sites is 1. The maximum atomic E-state index is 13.2. The first-order valence-electron chi connectivity index (χ1n) is 5.95. The molecule has 0 radical (unpaired) electrons. The van der Waals surface area contributed by atoms with Crippen molar-refractivity contribution in [3.63, 3.8) is 0 Å². The number of carbonyl (C=O) groups excluding carboxylic acids is 1. The van der Waals surface area contributed by atoms with Gasteiger partial charge < -0.3 is 9.47 Å². The van der Waals surface area contributed by atoms with Gasteiger partial charge >= 0.3 is 12.1 Å². The standard InChI is InChI=1S/C14H15F2NO3/c1-13(2,20-14(15,16)8-9-17)10-12(18)19-11-6-4-3-5-7-11/h3-7H,8,10H2,1-2H3. The second kappa shape index (κ2) is 6.44. The number of ether oxygens (including phenoxy) is 2. The quantitative estimate of drug-likeness (QED) is 0.593. The summed E-state index contributed by atoms with van der Waals surface area (Å²) in [6.45, 7) is 2.68. The molecule has 0 atom stereocenters. The van der Waals surface area contributed by atoms with Gasteiger partial charge in [0.05, 0.1) is 18.1 Å². The van der Waals surface area contributed by atoms with Crippen LogP contribution in [0.1, 0.15) is 26.7 Å². The zero-order chi connectivity index (χ0) is 15.2. The number of carbonyl (C=O) groups is 1. The lowest BCUT2D eigenvalue weighted by molar-refractivity contribution is -0.284. The molecule has 6 heteroatoms. The fourth-order valence-electron chi connectivity index (χ4n) is 1.57. The molecule has 0 aliphatic carbocycles. The van der Waals surface area contributed by atoms with Crippen LogP contribution in [0.4, 0.5) is 8.78 Å². The number of nitrogens with zero attached hydrogens (tertiary/aromatic N) is 1. The minimum atomic E-state index is -3.59. The third kappa shape index (κ3) is 5.76. The first-order chi connectivity index (χ1) is 9.24. The summed E-state index contributed by atoms with van der Waals surface area (Å²) in [7, 11) is 0. The van der Waals surface area contributed by atoms with Gasteiger partial charge in [-0.05, 0) is 26.0 Å². The van der Waals surface area contributed by atoms with Crippen LogP contribution < -0.4 is 4.74 Å². The normalized spacial score (nSPS) is 11.8. The van der Waals surface area contributed by atoms with Crippen LogP contribution >= 0.6 is 0 Å². The summed E-state index contributed by atoms with van der Waals surface area (Å²) >= 11 is 0. The summed E-state index contributed by atoms with van der Waals surface area (Å²) in [5.74, 6) is -0.356. The Balaban J connectivity index is 2.58. The van der Waals surface area contributed by atoms with Crippen LogP contribution in [0.2, 0.25) is 0 Å². The van der Waals surface area contributed by atoms with E-state index in [1.165, 1.54) is 19.9 Å². The third-order valence-electron chi connectivity index (χ3n) is 2.26. The molecule has 0 amide bonds. The molecule has 108 valence electrons. The zero-order valence-electron chi connectivity index (χ0n) is 11.2. The van der Waals surface area contributed by atoms with Crippen molar-refractivity contribution in [3.8, 4) is 11.8 Å². The predicted octanol–water partition coefficient (Wildman–Crippen LogP) is 3.28. The summed E-state index contributed by atoms with van der Waals surface area (Å²) in [6.07, 6.45) is -5.02. The number of hydrogen-bond donors (Lipinski definition) is 0. The van der Waals surface area contributed by atoms with Gasteiger partial charge in [0.25, 0.3) is 0 Å². The Kier molecular flexibility index (Phi) is 5.17. The van der Waals surface area contributed by atoms with E-state index in [1.54, 1.807) is 30.3 Å². The molecular weight excluding hydrogens is 268 g/mol. The Morgan fingerprint density at radius 1 is 1.30 bits per heavy atom. The topological polar surface area (TPSA) is 59.3 Å². The number of alkyl halides is 2. The molecule has 0 aliphatic heterocycles. The fraction of sp³-hybridized carbons (Fsp3) is 0.429. The number of nitriles is 1. The molecule has 0 saturated carbocycles. The SMILES string of the molecule is CC(C)(CC(=O)Oc1ccccc1)OC(F)(F)CC#N. The molecular formula is C14H15F2NO3. The van der Waals surface area contributed by atoms with Gasteiger partial charge in [-0.25, -0.2) is 0 Å². The van der Waals surface area contributed by atoms with Gasteiger partial charge in [0.2, 0.25) is 0 Å². The molecule has 1 aromatic rings. The van der Waals surface area contributed by atoms with Crippen molar-refractivity contribution in [2.45, 2.75) is 38.4 Å². The first-order valence-corrected chi connectivity index (χ1v) is 5.95. The second-order valence-electron chi connectivity index (χ2n) is 4.80. The van der Waals surface area contributed by atoms with Gasteiger partial charge in [-0.1, -0.05) is 18.2 Å². The number of rotatable bonds is 6. The van der Waals surface area contributed by atoms with Gasteiger partial charge in [0.1, 0.15) is 12.2 Å². The largest absolute Gasteiger partial charge is 0.426 e. The van der Waals surface area contributed by atoms with E-state index in [2.05, 4.69) is 4.74 Å². The summed E-state index contributed by atoms with van der Waals surface area (Å²) in [5.41, 5.74) is -1.44. The van der Waals surface area contributed by atoms with Crippen LogP contribution in [-0.2, 0) is 9.53 Å². The minimum absolute atomic E-state index is 0.331. The van der Waals surface area contributed by atoms with E-state index in [1.807, 2.05) is 0 Å². The average Bonchev–Trinajstić information content (AvgIpc) is 2.26. The molecule has 0 aliphatic rings. The fourth-order valence-corrected chi connectivity index (χ4v) is 1.57. The van der Waals surface area contributed by atoms with E-state index in [4.69, 9.17) is 10.00 Å². The van der Waals surface area contributed by atoms with Gasteiger partial charge in [-0.3, -0.25) is 4.79 Å². The van der Waals surface area contributed by atoms with E-state index in [0.29, 0.717) is 5.75 Å². The Labute approximate surface area is 115 Å². The van der Waals surface area contributed by atoms with Crippen molar-refractivity contribution < 1.29 is 23.0 Å². The third-order valence-corrected chi connectivity index (χ3v) is 2.26. The summed E-state index contributed by atoms with van der Waals surface area (Å²) < 4.78 is 35.9. The Morgan fingerprint density at radius 2 is 1.90 bits per heavy atom. The highest BCUT2D eigenvalue weighted by Gasteiger charge is 2.38.